The van der Waals surface area contributed by atoms with Crippen LogP contribution in [0.1, 0.15) is 26.2 Å². The number of anilines is 1. The van der Waals surface area contributed by atoms with Gasteiger partial charge in [-0.25, -0.2) is 4.98 Å². The van der Waals surface area contributed by atoms with Gasteiger partial charge in [0.2, 0.25) is 0 Å². The number of benzene rings is 1. The quantitative estimate of drug-likeness (QED) is 0.486. The minimum atomic E-state index is -0.599. The first-order chi connectivity index (χ1) is 14.0. The van der Waals surface area contributed by atoms with Crippen LogP contribution in [0.4, 0.5) is 5.13 Å². The van der Waals surface area contributed by atoms with Crippen molar-refractivity contribution in [1.82, 2.24) is 4.98 Å². The van der Waals surface area contributed by atoms with Gasteiger partial charge in [-0.3, -0.25) is 9.69 Å². The van der Waals surface area contributed by atoms with Gasteiger partial charge < -0.3 is 9.47 Å². The van der Waals surface area contributed by atoms with Crippen LogP contribution >= 0.6 is 34.5 Å². The molecule has 1 aromatic carbocycles. The molecule has 1 amide bonds. The Morgan fingerprint density at radius 1 is 1.45 bits per heavy atom. The molecule has 1 fully saturated rings. The number of hydrogen-bond acceptors (Lipinski definition) is 5. The van der Waals surface area contributed by atoms with Crippen LogP contribution in [0.25, 0.3) is 11.3 Å². The lowest BCUT2D eigenvalue weighted by Crippen LogP contribution is -2.40. The summed E-state index contributed by atoms with van der Waals surface area (Å²) in [5.74, 6) is -0.157. The summed E-state index contributed by atoms with van der Waals surface area (Å²) in [5, 5.41) is 3.42. The number of amides is 1. The second kappa shape index (κ2) is 10.5. The molecule has 5 nitrogen and oxygen atoms in total. The Hall–Kier alpha value is -1.44. The minimum absolute atomic E-state index is 0.0629. The molecule has 1 saturated heterocycles. The molecule has 2 heterocycles. The molecule has 2 aromatic rings. The van der Waals surface area contributed by atoms with Crippen LogP contribution in [0.2, 0.25) is 10.0 Å². The number of rotatable bonds is 8. The molecule has 2 unspecified atom stereocenters. The second-order valence-electron chi connectivity index (χ2n) is 6.85. The minimum Gasteiger partial charge on any atom is -0.376 e. The van der Waals surface area contributed by atoms with Crippen molar-refractivity contribution in [2.24, 2.45) is 0 Å². The summed E-state index contributed by atoms with van der Waals surface area (Å²) in [6.45, 7) is 7.05. The summed E-state index contributed by atoms with van der Waals surface area (Å²) in [5.41, 5.74) is 1.57. The third-order valence-electron chi connectivity index (χ3n) is 4.67. The van der Waals surface area contributed by atoms with Gasteiger partial charge in [-0.1, -0.05) is 35.3 Å². The molecule has 0 aliphatic carbocycles. The summed E-state index contributed by atoms with van der Waals surface area (Å²) in [6, 6.07) is 5.34. The van der Waals surface area contributed by atoms with E-state index in [9.17, 15) is 4.79 Å². The zero-order chi connectivity index (χ0) is 20.8. The lowest BCUT2D eigenvalue weighted by molar-refractivity contribution is -0.132. The summed E-state index contributed by atoms with van der Waals surface area (Å²) < 4.78 is 11.5. The molecule has 29 heavy (non-hydrogen) atoms. The molecule has 0 saturated carbocycles. The Morgan fingerprint density at radius 3 is 2.97 bits per heavy atom. The predicted molar refractivity (Wildman–Crippen MR) is 119 cm³/mol. The van der Waals surface area contributed by atoms with E-state index in [4.69, 9.17) is 32.7 Å². The topological polar surface area (TPSA) is 51.7 Å². The fourth-order valence-electron chi connectivity index (χ4n) is 3.05. The van der Waals surface area contributed by atoms with Crippen molar-refractivity contribution in [1.29, 1.82) is 0 Å². The number of halogens is 2. The second-order valence-corrected chi connectivity index (χ2v) is 8.50. The van der Waals surface area contributed by atoms with E-state index >= 15 is 0 Å². The van der Waals surface area contributed by atoms with E-state index in [-0.39, 0.29) is 12.0 Å². The van der Waals surface area contributed by atoms with Crippen LogP contribution < -0.4 is 4.90 Å². The van der Waals surface area contributed by atoms with E-state index in [1.165, 1.54) is 11.3 Å². The Kier molecular flexibility index (Phi) is 8.09. The van der Waals surface area contributed by atoms with Crippen molar-refractivity contribution in [2.45, 2.75) is 38.4 Å². The summed E-state index contributed by atoms with van der Waals surface area (Å²) in [6.07, 6.45) is 4.33. The van der Waals surface area contributed by atoms with Crippen LogP contribution in [-0.2, 0) is 14.3 Å². The van der Waals surface area contributed by atoms with Gasteiger partial charge in [-0.05, 0) is 38.3 Å². The van der Waals surface area contributed by atoms with Crippen molar-refractivity contribution >= 4 is 45.6 Å². The number of hydrogen-bond donors (Lipinski definition) is 0. The van der Waals surface area contributed by atoms with Gasteiger partial charge in [0.15, 0.2) is 5.13 Å². The average Bonchev–Trinajstić information content (AvgIpc) is 3.22. The van der Waals surface area contributed by atoms with E-state index in [1.54, 1.807) is 30.0 Å². The number of carbonyl (C=O) groups is 1. The number of carbonyl (C=O) groups excluding carboxylic acids is 1. The van der Waals surface area contributed by atoms with E-state index in [1.807, 2.05) is 11.4 Å². The fourth-order valence-corrected chi connectivity index (χ4v) is 4.20. The fraction of sp³-hybridized carbons (Fsp3) is 0.429. The Bertz CT molecular complexity index is 852. The first-order valence-corrected chi connectivity index (χ1v) is 11.2. The van der Waals surface area contributed by atoms with Crippen LogP contribution in [0.15, 0.2) is 36.2 Å². The molecule has 1 aromatic heterocycles. The van der Waals surface area contributed by atoms with Gasteiger partial charge in [0.25, 0.3) is 5.91 Å². The zero-order valence-electron chi connectivity index (χ0n) is 16.3. The molecule has 1 aliphatic rings. The summed E-state index contributed by atoms with van der Waals surface area (Å²) in [4.78, 5) is 19.2. The molecule has 2 atom stereocenters. The number of thiazole rings is 1. The highest BCUT2D eigenvalue weighted by molar-refractivity contribution is 7.14. The lowest BCUT2D eigenvalue weighted by Gasteiger charge is -2.26. The maximum Gasteiger partial charge on any atom is 0.257 e. The van der Waals surface area contributed by atoms with Crippen molar-refractivity contribution in [3.63, 3.8) is 0 Å². The number of aromatic nitrogens is 1. The van der Waals surface area contributed by atoms with Crippen molar-refractivity contribution in [3.05, 3.63) is 46.3 Å². The van der Waals surface area contributed by atoms with Gasteiger partial charge >= 0.3 is 0 Å². The van der Waals surface area contributed by atoms with E-state index in [0.717, 1.165) is 37.1 Å². The first-order valence-electron chi connectivity index (χ1n) is 9.56. The number of nitrogens with zero attached hydrogens (tertiary/aromatic N) is 2. The molecule has 8 heteroatoms. The maximum atomic E-state index is 13.0. The molecule has 0 spiro atoms. The van der Waals surface area contributed by atoms with Crippen molar-refractivity contribution in [3.8, 4) is 11.3 Å². The van der Waals surface area contributed by atoms with Gasteiger partial charge in [-0.15, -0.1) is 17.9 Å². The Balaban J connectivity index is 1.69. The SMILES string of the molecule is C=CCN(C(=O)C(C)OCC1CCCCO1)c1nc(-c2ccc(Cl)c(Cl)c2)cs1. The number of ether oxygens (including phenoxy) is 2. The van der Waals surface area contributed by atoms with E-state index < -0.39 is 6.10 Å². The molecule has 0 N–H and O–H groups in total. The maximum absolute atomic E-state index is 13.0. The predicted octanol–water partition coefficient (Wildman–Crippen LogP) is 5.61. The largest absolute Gasteiger partial charge is 0.376 e. The van der Waals surface area contributed by atoms with Gasteiger partial charge in [-0.2, -0.15) is 0 Å². The highest BCUT2D eigenvalue weighted by atomic mass is 35.5. The lowest BCUT2D eigenvalue weighted by atomic mass is 10.1. The summed E-state index contributed by atoms with van der Waals surface area (Å²) in [7, 11) is 0. The average molecular weight is 455 g/mol. The molecule has 3 rings (SSSR count). The molecule has 1 aliphatic heterocycles. The first kappa shape index (κ1) is 22.2. The summed E-state index contributed by atoms with van der Waals surface area (Å²) >= 11 is 13.5. The van der Waals surface area contributed by atoms with Crippen LogP contribution in [-0.4, -0.2) is 42.9 Å². The smallest absolute Gasteiger partial charge is 0.257 e. The van der Waals surface area contributed by atoms with Crippen molar-refractivity contribution < 1.29 is 14.3 Å². The zero-order valence-corrected chi connectivity index (χ0v) is 18.6. The molecular weight excluding hydrogens is 431 g/mol. The third kappa shape index (κ3) is 5.80. The monoisotopic (exact) mass is 454 g/mol. The van der Waals surface area contributed by atoms with Crippen molar-refractivity contribution in [2.75, 3.05) is 24.7 Å². The van der Waals surface area contributed by atoms with Gasteiger partial charge in [0.05, 0.1) is 28.5 Å². The van der Waals surface area contributed by atoms with Crippen LogP contribution in [0.5, 0.6) is 0 Å². The molecule has 156 valence electrons. The molecular formula is C21H24Cl2N2O3S. The van der Waals surface area contributed by atoms with E-state index in [2.05, 4.69) is 11.6 Å². The Morgan fingerprint density at radius 2 is 2.28 bits per heavy atom. The molecule has 0 bridgehead atoms. The Labute approximate surface area is 185 Å². The highest BCUT2D eigenvalue weighted by Gasteiger charge is 2.26. The van der Waals surface area contributed by atoms with Crippen LogP contribution in [0.3, 0.4) is 0 Å². The van der Waals surface area contributed by atoms with Gasteiger partial charge in [0.1, 0.15) is 6.10 Å². The van der Waals surface area contributed by atoms with Gasteiger partial charge in [0, 0.05) is 24.1 Å². The third-order valence-corrected chi connectivity index (χ3v) is 6.27. The molecule has 0 radical (unpaired) electrons. The highest BCUT2D eigenvalue weighted by Crippen LogP contribution is 2.32. The van der Waals surface area contributed by atoms with E-state index in [0.29, 0.717) is 28.3 Å². The van der Waals surface area contributed by atoms with Crippen LogP contribution in [0, 0.1) is 0 Å². The standard InChI is InChI=1S/C21H24Cl2N2O3S/c1-3-9-25(20(26)14(2)28-12-16-6-4-5-10-27-16)21-24-19(13-29-21)15-7-8-17(22)18(23)11-15/h3,7-8,11,13-14,16H,1,4-6,9-10,12H2,2H3. The normalized spacial score (nSPS) is 17.7.